The number of phenols is 1. The number of halogens is 1. The van der Waals surface area contributed by atoms with Crippen molar-refractivity contribution in [2.45, 2.75) is 32.0 Å². The van der Waals surface area contributed by atoms with E-state index >= 15 is 0 Å². The van der Waals surface area contributed by atoms with Gasteiger partial charge in [-0.05, 0) is 49.2 Å². The summed E-state index contributed by atoms with van der Waals surface area (Å²) in [6, 6.07) is 9.94. The van der Waals surface area contributed by atoms with Crippen molar-refractivity contribution in [2.75, 3.05) is 19.8 Å². The van der Waals surface area contributed by atoms with Crippen molar-refractivity contribution in [3.63, 3.8) is 0 Å². The van der Waals surface area contributed by atoms with Crippen LogP contribution in [0.4, 0.5) is 0 Å². The van der Waals surface area contributed by atoms with E-state index in [1.165, 1.54) is 0 Å². The topological polar surface area (TPSA) is 94.1 Å². The van der Waals surface area contributed by atoms with Gasteiger partial charge in [-0.25, -0.2) is 10.9 Å². The summed E-state index contributed by atoms with van der Waals surface area (Å²) in [5.41, 5.74) is 8.62. The van der Waals surface area contributed by atoms with Gasteiger partial charge in [-0.3, -0.25) is 4.79 Å². The van der Waals surface area contributed by atoms with E-state index in [1.54, 1.807) is 17.0 Å². The Labute approximate surface area is 180 Å². The summed E-state index contributed by atoms with van der Waals surface area (Å²) in [7, 11) is 0. The van der Waals surface area contributed by atoms with Crippen molar-refractivity contribution in [1.29, 1.82) is 0 Å². The number of aryl methyl sites for hydroxylation is 1. The molecule has 160 valence electrons. The lowest BCUT2D eigenvalue weighted by Crippen LogP contribution is -2.42. The molecule has 0 bridgehead atoms. The number of aliphatic hydroxyl groups is 1. The van der Waals surface area contributed by atoms with Crippen molar-refractivity contribution < 1.29 is 19.7 Å². The van der Waals surface area contributed by atoms with Crippen LogP contribution >= 0.6 is 11.6 Å². The Kier molecular flexibility index (Phi) is 5.88. The van der Waals surface area contributed by atoms with E-state index in [1.807, 2.05) is 38.1 Å². The first-order chi connectivity index (χ1) is 14.5. The van der Waals surface area contributed by atoms with Crippen molar-refractivity contribution in [1.82, 2.24) is 15.8 Å². The number of fused-ring (bicyclic) bond motifs is 1. The maximum Gasteiger partial charge on any atom is 0.242 e. The molecule has 4 N–H and O–H groups in total. The molecule has 8 heteroatoms. The van der Waals surface area contributed by atoms with Gasteiger partial charge in [0.15, 0.2) is 0 Å². The highest BCUT2D eigenvalue weighted by Crippen LogP contribution is 2.49. The zero-order valence-corrected chi connectivity index (χ0v) is 17.7. The minimum absolute atomic E-state index is 0.0893. The molecule has 2 saturated heterocycles. The first-order valence-corrected chi connectivity index (χ1v) is 10.5. The lowest BCUT2D eigenvalue weighted by atomic mass is 9.83. The lowest BCUT2D eigenvalue weighted by Gasteiger charge is -2.31. The van der Waals surface area contributed by atoms with Crippen LogP contribution in [0.2, 0.25) is 5.02 Å². The summed E-state index contributed by atoms with van der Waals surface area (Å²) in [5.74, 6) is 0.553. The van der Waals surface area contributed by atoms with Crippen LogP contribution in [0.3, 0.4) is 0 Å². The molecule has 2 aromatic rings. The van der Waals surface area contributed by atoms with Crippen LogP contribution in [0.15, 0.2) is 36.4 Å². The Morgan fingerprint density at radius 3 is 2.70 bits per heavy atom. The van der Waals surface area contributed by atoms with Crippen LogP contribution in [0, 0.1) is 12.8 Å². The van der Waals surface area contributed by atoms with Crippen molar-refractivity contribution in [3.05, 3.63) is 58.1 Å². The number of carbonyl (C=O) groups excluding carboxylic acids is 1. The molecule has 4 rings (SSSR count). The minimum atomic E-state index is -0.484. The van der Waals surface area contributed by atoms with E-state index in [2.05, 4.69) is 10.9 Å². The quantitative estimate of drug-likeness (QED) is 0.561. The van der Waals surface area contributed by atoms with E-state index < -0.39 is 6.04 Å². The maximum absolute atomic E-state index is 13.1. The molecule has 4 atom stereocenters. The third-order valence-electron chi connectivity index (χ3n) is 5.91. The summed E-state index contributed by atoms with van der Waals surface area (Å²) in [6.07, 6.45) is 0. The second kappa shape index (κ2) is 8.43. The number of amides is 1. The van der Waals surface area contributed by atoms with Gasteiger partial charge in [0.1, 0.15) is 17.5 Å². The molecule has 2 aromatic carbocycles. The fourth-order valence-electron chi connectivity index (χ4n) is 4.61. The number of aliphatic hydroxyl groups excluding tert-OH is 1. The summed E-state index contributed by atoms with van der Waals surface area (Å²) in [4.78, 5) is 14.8. The maximum atomic E-state index is 13.1. The Morgan fingerprint density at radius 1 is 1.20 bits per heavy atom. The van der Waals surface area contributed by atoms with Gasteiger partial charge < -0.3 is 19.8 Å². The average molecular weight is 432 g/mol. The van der Waals surface area contributed by atoms with Crippen LogP contribution in [0.5, 0.6) is 11.5 Å². The molecule has 0 saturated carbocycles. The van der Waals surface area contributed by atoms with Crippen LogP contribution in [-0.4, -0.2) is 46.8 Å². The predicted octanol–water partition coefficient (Wildman–Crippen LogP) is 2.46. The van der Waals surface area contributed by atoms with Gasteiger partial charge in [0, 0.05) is 23.0 Å². The van der Waals surface area contributed by atoms with Crippen molar-refractivity contribution >= 4 is 17.5 Å². The molecule has 2 aliphatic heterocycles. The normalized spacial score (nSPS) is 25.6. The second-order valence-electron chi connectivity index (χ2n) is 7.69. The number of β-amino-alcohol motifs (C(OH)–C–C–N with tert-alkyl or cyclic N) is 1. The van der Waals surface area contributed by atoms with Crippen molar-refractivity contribution in [3.8, 4) is 11.5 Å². The van der Waals surface area contributed by atoms with Crippen LogP contribution in [-0.2, 0) is 4.79 Å². The van der Waals surface area contributed by atoms with Gasteiger partial charge in [-0.1, -0.05) is 23.7 Å². The Morgan fingerprint density at radius 2 is 1.97 bits per heavy atom. The van der Waals surface area contributed by atoms with Crippen LogP contribution in [0.25, 0.3) is 0 Å². The molecular weight excluding hydrogens is 406 g/mol. The highest BCUT2D eigenvalue weighted by atomic mass is 35.5. The van der Waals surface area contributed by atoms with E-state index in [-0.39, 0.29) is 42.8 Å². The molecular formula is C22H26ClN3O4. The third-order valence-corrected chi connectivity index (χ3v) is 6.32. The number of likely N-dealkylation sites (tertiary alicyclic amines) is 1. The highest BCUT2D eigenvalue weighted by Gasteiger charge is 2.55. The Bertz CT molecular complexity index is 954. The molecule has 1 amide bonds. The van der Waals surface area contributed by atoms with Crippen molar-refractivity contribution in [2.24, 2.45) is 5.92 Å². The van der Waals surface area contributed by atoms with Crippen LogP contribution in [0.1, 0.15) is 35.7 Å². The van der Waals surface area contributed by atoms with Gasteiger partial charge in [0.25, 0.3) is 0 Å². The predicted molar refractivity (Wildman–Crippen MR) is 113 cm³/mol. The molecule has 0 aromatic heterocycles. The van der Waals surface area contributed by atoms with E-state index in [4.69, 9.17) is 16.3 Å². The third kappa shape index (κ3) is 3.52. The zero-order chi connectivity index (χ0) is 21.4. The SMILES string of the molecule is CCOc1cccc(C2C3C(NNC3c3cc(Cl)c(C)cc3O)C(=O)N2CCO)c1. The number of nitrogens with one attached hydrogen (secondary N) is 2. The number of rotatable bonds is 6. The monoisotopic (exact) mass is 431 g/mol. The number of carbonyl (C=O) groups is 1. The number of aromatic hydroxyl groups is 1. The van der Waals surface area contributed by atoms with E-state index in [0.29, 0.717) is 17.2 Å². The first-order valence-electron chi connectivity index (χ1n) is 10.1. The summed E-state index contributed by atoms with van der Waals surface area (Å²) in [6.45, 7) is 4.39. The van der Waals surface area contributed by atoms with Gasteiger partial charge in [0.2, 0.25) is 5.91 Å². The van der Waals surface area contributed by atoms with Gasteiger partial charge in [-0.15, -0.1) is 0 Å². The minimum Gasteiger partial charge on any atom is -0.508 e. The standard InChI is InChI=1S/C22H26ClN3O4/c1-3-30-14-6-4-5-13(10-14)21-18-19(15-11-16(23)12(2)9-17(15)28)24-25-20(18)22(29)26(21)7-8-27/h4-6,9-11,18-21,24-25,27-28H,3,7-8H2,1-2H3. The molecule has 7 nitrogen and oxygen atoms in total. The second-order valence-corrected chi connectivity index (χ2v) is 8.09. The number of hydrogen-bond acceptors (Lipinski definition) is 6. The number of hydrogen-bond donors (Lipinski definition) is 4. The van der Waals surface area contributed by atoms with Crippen LogP contribution < -0.4 is 15.6 Å². The summed E-state index contributed by atoms with van der Waals surface area (Å²) < 4.78 is 5.66. The number of nitrogens with zero attached hydrogens (tertiary/aromatic N) is 1. The van der Waals surface area contributed by atoms with E-state index in [0.717, 1.165) is 16.9 Å². The van der Waals surface area contributed by atoms with Gasteiger partial charge in [0.05, 0.1) is 25.3 Å². The molecule has 2 heterocycles. The Balaban J connectivity index is 1.79. The molecule has 0 spiro atoms. The Hall–Kier alpha value is -2.32. The highest BCUT2D eigenvalue weighted by molar-refractivity contribution is 6.31. The summed E-state index contributed by atoms with van der Waals surface area (Å²) in [5, 5.41) is 20.8. The fraction of sp³-hybridized carbons (Fsp3) is 0.409. The largest absolute Gasteiger partial charge is 0.508 e. The molecule has 30 heavy (non-hydrogen) atoms. The number of ether oxygens (including phenoxy) is 1. The van der Waals surface area contributed by atoms with Gasteiger partial charge >= 0.3 is 0 Å². The van der Waals surface area contributed by atoms with E-state index in [9.17, 15) is 15.0 Å². The molecule has 4 unspecified atom stereocenters. The van der Waals surface area contributed by atoms with Gasteiger partial charge in [-0.2, -0.15) is 0 Å². The number of phenolic OH excluding ortho intramolecular Hbond substituents is 1. The molecule has 0 aliphatic carbocycles. The lowest BCUT2D eigenvalue weighted by molar-refractivity contribution is -0.131. The molecule has 2 fully saturated rings. The smallest absolute Gasteiger partial charge is 0.242 e. The zero-order valence-electron chi connectivity index (χ0n) is 16.9. The molecule has 0 radical (unpaired) electrons. The summed E-state index contributed by atoms with van der Waals surface area (Å²) >= 11 is 6.34. The molecule has 2 aliphatic rings. The first kappa shape index (κ1) is 20.9. The average Bonchev–Trinajstić information content (AvgIpc) is 3.25. The fourth-order valence-corrected chi connectivity index (χ4v) is 4.78. The number of hydrazine groups is 1. The number of benzene rings is 2.